The first-order chi connectivity index (χ1) is 8.99. The normalized spacial score (nSPS) is 10.2. The number of furan rings is 1. The lowest BCUT2D eigenvalue weighted by molar-refractivity contribution is 0.0660. The van der Waals surface area contributed by atoms with Crippen molar-refractivity contribution in [2.24, 2.45) is 0 Å². The van der Waals surface area contributed by atoms with E-state index in [9.17, 15) is 9.59 Å². The second kappa shape index (κ2) is 5.27. The molecule has 0 radical (unpaired) electrons. The zero-order chi connectivity index (χ0) is 14.0. The first-order valence-corrected chi connectivity index (χ1v) is 6.18. The predicted octanol–water partition coefficient (Wildman–Crippen LogP) is 3.30. The van der Waals surface area contributed by atoms with E-state index in [-0.39, 0.29) is 11.5 Å². The summed E-state index contributed by atoms with van der Waals surface area (Å²) < 4.78 is 5.80. The SMILES string of the molecule is Cc1c(Br)cccc1NC(=O)c1ccc(C(=O)O)o1. The average Bonchev–Trinajstić information content (AvgIpc) is 2.84. The summed E-state index contributed by atoms with van der Waals surface area (Å²) in [5.74, 6) is -2.01. The maximum Gasteiger partial charge on any atom is 0.371 e. The van der Waals surface area contributed by atoms with E-state index in [4.69, 9.17) is 9.52 Å². The Morgan fingerprint density at radius 1 is 1.21 bits per heavy atom. The van der Waals surface area contributed by atoms with Crippen molar-refractivity contribution in [1.82, 2.24) is 0 Å². The van der Waals surface area contributed by atoms with Gasteiger partial charge in [0.1, 0.15) is 0 Å². The highest BCUT2D eigenvalue weighted by Gasteiger charge is 2.15. The molecule has 5 nitrogen and oxygen atoms in total. The molecule has 19 heavy (non-hydrogen) atoms. The number of hydrogen-bond acceptors (Lipinski definition) is 3. The largest absolute Gasteiger partial charge is 0.475 e. The van der Waals surface area contributed by atoms with E-state index < -0.39 is 11.9 Å². The van der Waals surface area contributed by atoms with Gasteiger partial charge in [-0.3, -0.25) is 4.79 Å². The fraction of sp³-hybridized carbons (Fsp3) is 0.0769. The molecule has 1 aromatic carbocycles. The number of amides is 1. The van der Waals surface area contributed by atoms with E-state index in [1.54, 1.807) is 12.1 Å². The average molecular weight is 324 g/mol. The molecule has 2 rings (SSSR count). The molecule has 0 aliphatic rings. The molecule has 0 saturated carbocycles. The van der Waals surface area contributed by atoms with Crippen LogP contribution in [0.2, 0.25) is 0 Å². The molecule has 0 fully saturated rings. The highest BCUT2D eigenvalue weighted by Crippen LogP contribution is 2.24. The van der Waals surface area contributed by atoms with Gasteiger partial charge in [-0.25, -0.2) is 4.79 Å². The van der Waals surface area contributed by atoms with Gasteiger partial charge in [-0.15, -0.1) is 0 Å². The third kappa shape index (κ3) is 2.85. The summed E-state index contributed by atoms with van der Waals surface area (Å²) in [5, 5.41) is 11.4. The number of halogens is 1. The Kier molecular flexibility index (Phi) is 3.71. The van der Waals surface area contributed by atoms with Gasteiger partial charge in [0, 0.05) is 10.2 Å². The van der Waals surface area contributed by atoms with Gasteiger partial charge in [0.2, 0.25) is 5.76 Å². The molecule has 1 heterocycles. The minimum Gasteiger partial charge on any atom is -0.475 e. The van der Waals surface area contributed by atoms with Gasteiger partial charge >= 0.3 is 5.97 Å². The number of aromatic carboxylic acids is 1. The fourth-order valence-electron chi connectivity index (χ4n) is 1.50. The molecular formula is C13H10BrNO4. The first kappa shape index (κ1) is 13.4. The van der Waals surface area contributed by atoms with Crippen molar-refractivity contribution in [2.45, 2.75) is 6.92 Å². The highest BCUT2D eigenvalue weighted by atomic mass is 79.9. The summed E-state index contributed by atoms with van der Waals surface area (Å²) in [6.07, 6.45) is 0. The van der Waals surface area contributed by atoms with E-state index in [1.165, 1.54) is 12.1 Å². The lowest BCUT2D eigenvalue weighted by Crippen LogP contribution is -2.12. The van der Waals surface area contributed by atoms with Crippen LogP contribution in [-0.4, -0.2) is 17.0 Å². The van der Waals surface area contributed by atoms with Crippen LogP contribution in [0.15, 0.2) is 39.2 Å². The van der Waals surface area contributed by atoms with Gasteiger partial charge in [0.05, 0.1) is 0 Å². The maximum atomic E-state index is 11.9. The zero-order valence-electron chi connectivity index (χ0n) is 9.94. The summed E-state index contributed by atoms with van der Waals surface area (Å²) in [6.45, 7) is 1.85. The number of benzene rings is 1. The van der Waals surface area contributed by atoms with Gasteiger partial charge < -0.3 is 14.8 Å². The van der Waals surface area contributed by atoms with E-state index in [0.717, 1.165) is 10.0 Å². The molecular weight excluding hydrogens is 314 g/mol. The van der Waals surface area contributed by atoms with Gasteiger partial charge in [0.15, 0.2) is 5.76 Å². The number of carboxylic acids is 1. The number of rotatable bonds is 3. The molecule has 1 amide bonds. The van der Waals surface area contributed by atoms with Crippen LogP contribution in [0.1, 0.15) is 26.7 Å². The minimum atomic E-state index is -1.21. The van der Waals surface area contributed by atoms with Crippen LogP contribution in [0, 0.1) is 6.92 Å². The Labute approximate surface area is 117 Å². The van der Waals surface area contributed by atoms with Crippen molar-refractivity contribution in [3.63, 3.8) is 0 Å². The smallest absolute Gasteiger partial charge is 0.371 e. The number of carbonyl (C=O) groups is 2. The maximum absolute atomic E-state index is 11.9. The van der Waals surface area contributed by atoms with E-state index in [0.29, 0.717) is 5.69 Å². The summed E-state index contributed by atoms with van der Waals surface area (Å²) in [4.78, 5) is 22.6. The standard InChI is InChI=1S/C13H10BrNO4/c1-7-8(14)3-2-4-9(7)15-12(16)10-5-6-11(19-10)13(17)18/h2-6H,1H3,(H,15,16)(H,17,18). The summed E-state index contributed by atoms with van der Waals surface area (Å²) in [7, 11) is 0. The van der Waals surface area contributed by atoms with E-state index >= 15 is 0 Å². The Balaban J connectivity index is 2.21. The Hall–Kier alpha value is -2.08. The molecule has 0 aliphatic carbocycles. The Morgan fingerprint density at radius 2 is 1.89 bits per heavy atom. The van der Waals surface area contributed by atoms with Gasteiger partial charge in [-0.2, -0.15) is 0 Å². The topological polar surface area (TPSA) is 79.5 Å². The Bertz CT molecular complexity index is 648. The summed E-state index contributed by atoms with van der Waals surface area (Å²) in [5.41, 5.74) is 1.51. The van der Waals surface area contributed by atoms with Gasteiger partial charge in [0.25, 0.3) is 5.91 Å². The van der Waals surface area contributed by atoms with Gasteiger partial charge in [-0.1, -0.05) is 22.0 Å². The monoisotopic (exact) mass is 323 g/mol. The summed E-state index contributed by atoms with van der Waals surface area (Å²) >= 11 is 3.36. The molecule has 0 aliphatic heterocycles. The highest BCUT2D eigenvalue weighted by molar-refractivity contribution is 9.10. The molecule has 0 bridgehead atoms. The molecule has 98 valence electrons. The van der Waals surface area contributed by atoms with Crippen molar-refractivity contribution in [3.8, 4) is 0 Å². The van der Waals surface area contributed by atoms with Crippen LogP contribution in [-0.2, 0) is 0 Å². The van der Waals surface area contributed by atoms with Crippen molar-refractivity contribution in [1.29, 1.82) is 0 Å². The quantitative estimate of drug-likeness (QED) is 0.908. The minimum absolute atomic E-state index is 0.0447. The van der Waals surface area contributed by atoms with Crippen LogP contribution in [0.3, 0.4) is 0 Å². The van der Waals surface area contributed by atoms with Gasteiger partial charge in [-0.05, 0) is 36.8 Å². The van der Waals surface area contributed by atoms with E-state index in [1.807, 2.05) is 13.0 Å². The second-order valence-corrected chi connectivity index (χ2v) is 4.69. The lowest BCUT2D eigenvalue weighted by Gasteiger charge is -2.08. The molecule has 6 heteroatoms. The second-order valence-electron chi connectivity index (χ2n) is 3.84. The number of carbonyl (C=O) groups excluding carboxylic acids is 1. The van der Waals surface area contributed by atoms with Crippen LogP contribution in [0.25, 0.3) is 0 Å². The molecule has 2 N–H and O–H groups in total. The van der Waals surface area contributed by atoms with Crippen molar-refractivity contribution < 1.29 is 19.1 Å². The van der Waals surface area contributed by atoms with Crippen molar-refractivity contribution in [3.05, 3.63) is 51.9 Å². The van der Waals surface area contributed by atoms with E-state index in [2.05, 4.69) is 21.2 Å². The summed E-state index contributed by atoms with van der Waals surface area (Å²) in [6, 6.07) is 7.97. The van der Waals surface area contributed by atoms with Crippen LogP contribution in [0.4, 0.5) is 5.69 Å². The number of nitrogens with one attached hydrogen (secondary N) is 1. The molecule has 2 aromatic rings. The Morgan fingerprint density at radius 3 is 2.53 bits per heavy atom. The van der Waals surface area contributed by atoms with Crippen molar-refractivity contribution >= 4 is 33.5 Å². The number of carboxylic acid groups (broad SMARTS) is 1. The zero-order valence-corrected chi connectivity index (χ0v) is 11.5. The molecule has 1 aromatic heterocycles. The number of hydrogen-bond donors (Lipinski definition) is 2. The van der Waals surface area contributed by atoms with Crippen LogP contribution >= 0.6 is 15.9 Å². The molecule has 0 unspecified atom stereocenters. The first-order valence-electron chi connectivity index (χ1n) is 5.38. The fourth-order valence-corrected chi connectivity index (χ4v) is 1.87. The molecule has 0 atom stereocenters. The predicted molar refractivity (Wildman–Crippen MR) is 72.5 cm³/mol. The lowest BCUT2D eigenvalue weighted by atomic mass is 10.2. The molecule has 0 spiro atoms. The molecule has 0 saturated heterocycles. The van der Waals surface area contributed by atoms with Crippen LogP contribution < -0.4 is 5.32 Å². The third-order valence-corrected chi connectivity index (χ3v) is 3.42. The van der Waals surface area contributed by atoms with Crippen LogP contribution in [0.5, 0.6) is 0 Å². The van der Waals surface area contributed by atoms with Crippen molar-refractivity contribution in [2.75, 3.05) is 5.32 Å². The number of anilines is 1. The third-order valence-electron chi connectivity index (χ3n) is 2.56.